The average molecular weight is 395 g/mol. The summed E-state index contributed by atoms with van der Waals surface area (Å²) in [6, 6.07) is 6.67. The number of hydrogen-bond acceptors (Lipinski definition) is 7. The molecule has 2 aromatic heterocycles. The van der Waals surface area contributed by atoms with Crippen LogP contribution in [-0.4, -0.2) is 52.2 Å². The second kappa shape index (κ2) is 8.00. The molecule has 3 heterocycles. The smallest absolute Gasteiger partial charge is 0.227 e. The first-order valence-electron chi connectivity index (χ1n) is 9.43. The van der Waals surface area contributed by atoms with Crippen LogP contribution in [0.4, 0.5) is 0 Å². The van der Waals surface area contributed by atoms with Gasteiger partial charge in [-0.15, -0.1) is 0 Å². The molecule has 1 fully saturated rings. The Kier molecular flexibility index (Phi) is 5.26. The third-order valence-electron chi connectivity index (χ3n) is 5.04. The molecule has 150 valence electrons. The van der Waals surface area contributed by atoms with E-state index in [1.165, 1.54) is 6.07 Å². The van der Waals surface area contributed by atoms with Crippen LogP contribution in [0.1, 0.15) is 29.4 Å². The molecule has 0 spiro atoms. The Morgan fingerprint density at radius 2 is 2.00 bits per heavy atom. The molecule has 29 heavy (non-hydrogen) atoms. The molecule has 0 saturated carbocycles. The highest BCUT2D eigenvalue weighted by molar-refractivity contribution is 5.82. The number of hydrogen-bond donors (Lipinski definition) is 1. The van der Waals surface area contributed by atoms with Crippen LogP contribution in [0.2, 0.25) is 0 Å². The maximum Gasteiger partial charge on any atom is 0.227 e. The monoisotopic (exact) mass is 395 g/mol. The summed E-state index contributed by atoms with van der Waals surface area (Å²) in [5.74, 6) is -0.856. The summed E-state index contributed by atoms with van der Waals surface area (Å²) in [5.41, 5.74) is 1.38. The van der Waals surface area contributed by atoms with Crippen molar-refractivity contribution in [3.05, 3.63) is 64.0 Å². The second-order valence-electron chi connectivity index (χ2n) is 6.96. The first kappa shape index (κ1) is 19.1. The molecule has 1 aliphatic heterocycles. The Morgan fingerprint density at radius 3 is 2.79 bits per heavy atom. The highest BCUT2D eigenvalue weighted by atomic mass is 16.5. The SMILES string of the molecule is Cc1cc(=O)c(O)c([C@H](CC(=O)N2CCOCC2)c2cccc3nccnc23)o1. The fourth-order valence-corrected chi connectivity index (χ4v) is 3.62. The summed E-state index contributed by atoms with van der Waals surface area (Å²) in [6.45, 7) is 3.62. The van der Waals surface area contributed by atoms with E-state index in [1.54, 1.807) is 24.2 Å². The highest BCUT2D eigenvalue weighted by Crippen LogP contribution is 2.36. The van der Waals surface area contributed by atoms with Crippen molar-refractivity contribution in [2.24, 2.45) is 0 Å². The molecule has 1 aromatic carbocycles. The van der Waals surface area contributed by atoms with Crippen molar-refractivity contribution in [3.63, 3.8) is 0 Å². The quantitative estimate of drug-likeness (QED) is 0.720. The number of carbonyl (C=O) groups excluding carboxylic acids is 1. The number of morpholine rings is 1. The van der Waals surface area contributed by atoms with E-state index in [2.05, 4.69) is 9.97 Å². The van der Waals surface area contributed by atoms with Crippen LogP contribution in [-0.2, 0) is 9.53 Å². The number of carbonyl (C=O) groups is 1. The van der Waals surface area contributed by atoms with Crippen LogP contribution in [0.25, 0.3) is 11.0 Å². The number of aromatic hydroxyl groups is 1. The van der Waals surface area contributed by atoms with Crippen LogP contribution in [0, 0.1) is 6.92 Å². The predicted molar refractivity (Wildman–Crippen MR) is 105 cm³/mol. The molecule has 0 radical (unpaired) electrons. The topological polar surface area (TPSA) is 106 Å². The van der Waals surface area contributed by atoms with Crippen molar-refractivity contribution in [1.82, 2.24) is 14.9 Å². The lowest BCUT2D eigenvalue weighted by Gasteiger charge is -2.28. The van der Waals surface area contributed by atoms with E-state index in [0.717, 1.165) is 0 Å². The summed E-state index contributed by atoms with van der Waals surface area (Å²) >= 11 is 0. The summed E-state index contributed by atoms with van der Waals surface area (Å²) in [7, 11) is 0. The number of nitrogens with zero attached hydrogens (tertiary/aromatic N) is 3. The maximum absolute atomic E-state index is 13.0. The van der Waals surface area contributed by atoms with Gasteiger partial charge in [-0.1, -0.05) is 12.1 Å². The van der Waals surface area contributed by atoms with Crippen LogP contribution in [0.5, 0.6) is 5.75 Å². The van der Waals surface area contributed by atoms with Gasteiger partial charge < -0.3 is 19.2 Å². The van der Waals surface area contributed by atoms with Crippen LogP contribution in [0.15, 0.2) is 45.9 Å². The first-order chi connectivity index (χ1) is 14.0. The molecule has 8 heteroatoms. The molecule has 1 N–H and O–H groups in total. The van der Waals surface area contributed by atoms with Gasteiger partial charge in [0.25, 0.3) is 0 Å². The normalized spacial score (nSPS) is 15.4. The Balaban J connectivity index is 1.83. The van der Waals surface area contributed by atoms with Gasteiger partial charge in [0, 0.05) is 38.0 Å². The minimum absolute atomic E-state index is 0.0235. The van der Waals surface area contributed by atoms with Crippen LogP contribution >= 0.6 is 0 Å². The van der Waals surface area contributed by atoms with E-state index in [0.29, 0.717) is 48.7 Å². The van der Waals surface area contributed by atoms with E-state index >= 15 is 0 Å². The molecule has 0 unspecified atom stereocenters. The second-order valence-corrected chi connectivity index (χ2v) is 6.96. The molecule has 1 aliphatic rings. The number of rotatable bonds is 4. The molecular weight excluding hydrogens is 374 g/mol. The Morgan fingerprint density at radius 1 is 1.24 bits per heavy atom. The molecule has 1 atom stereocenters. The fraction of sp³-hybridized carbons (Fsp3) is 0.333. The molecule has 0 aliphatic carbocycles. The van der Waals surface area contributed by atoms with Crippen molar-refractivity contribution < 1.29 is 19.1 Å². The average Bonchev–Trinajstić information content (AvgIpc) is 2.75. The number of amides is 1. The Labute approximate surface area is 166 Å². The standard InChI is InChI=1S/C21H21N3O5/c1-13-11-17(25)20(27)21(29-13)15(12-18(26)24-7-9-28-10-8-24)14-3-2-4-16-19(14)23-6-5-22-16/h2-6,11,15,27H,7-10,12H2,1H3/t15-/m1/s1. The van der Waals surface area contributed by atoms with Gasteiger partial charge in [0.15, 0.2) is 5.76 Å². The first-order valence-corrected chi connectivity index (χ1v) is 9.43. The van der Waals surface area contributed by atoms with Crippen molar-refractivity contribution in [1.29, 1.82) is 0 Å². The molecule has 1 amide bonds. The Hall–Kier alpha value is -3.26. The summed E-state index contributed by atoms with van der Waals surface area (Å²) in [4.78, 5) is 35.7. The predicted octanol–water partition coefficient (Wildman–Crippen LogP) is 1.98. The van der Waals surface area contributed by atoms with Gasteiger partial charge in [0.1, 0.15) is 5.76 Å². The van der Waals surface area contributed by atoms with Crippen LogP contribution in [0.3, 0.4) is 0 Å². The third-order valence-corrected chi connectivity index (χ3v) is 5.04. The van der Waals surface area contributed by atoms with Gasteiger partial charge in [0.05, 0.1) is 30.2 Å². The van der Waals surface area contributed by atoms with Gasteiger partial charge in [-0.3, -0.25) is 19.6 Å². The number of para-hydroxylation sites is 1. The minimum atomic E-state index is -0.682. The highest BCUT2D eigenvalue weighted by Gasteiger charge is 2.30. The Bertz CT molecular complexity index is 1100. The zero-order chi connectivity index (χ0) is 20.4. The largest absolute Gasteiger partial charge is 0.502 e. The summed E-state index contributed by atoms with van der Waals surface area (Å²) in [5, 5.41) is 10.5. The van der Waals surface area contributed by atoms with Crippen molar-refractivity contribution in [3.8, 4) is 5.75 Å². The lowest BCUT2D eigenvalue weighted by molar-refractivity contribution is -0.135. The molecule has 0 bridgehead atoms. The van der Waals surface area contributed by atoms with E-state index in [1.807, 2.05) is 18.2 Å². The van der Waals surface area contributed by atoms with E-state index in [9.17, 15) is 14.7 Å². The molecule has 8 nitrogen and oxygen atoms in total. The minimum Gasteiger partial charge on any atom is -0.502 e. The number of aromatic nitrogens is 2. The molecular formula is C21H21N3O5. The van der Waals surface area contributed by atoms with E-state index in [4.69, 9.17) is 9.15 Å². The van der Waals surface area contributed by atoms with Gasteiger partial charge >= 0.3 is 0 Å². The summed E-state index contributed by atoms with van der Waals surface area (Å²) in [6.07, 6.45) is 3.18. The third kappa shape index (κ3) is 3.84. The number of fused-ring (bicyclic) bond motifs is 1. The van der Waals surface area contributed by atoms with E-state index < -0.39 is 17.1 Å². The lowest BCUT2D eigenvalue weighted by Crippen LogP contribution is -2.41. The van der Waals surface area contributed by atoms with E-state index in [-0.39, 0.29) is 18.1 Å². The summed E-state index contributed by atoms with van der Waals surface area (Å²) < 4.78 is 11.1. The van der Waals surface area contributed by atoms with Crippen molar-refractivity contribution >= 4 is 16.9 Å². The van der Waals surface area contributed by atoms with Crippen molar-refractivity contribution in [2.75, 3.05) is 26.3 Å². The lowest BCUT2D eigenvalue weighted by atomic mass is 9.90. The van der Waals surface area contributed by atoms with Gasteiger partial charge in [-0.25, -0.2) is 0 Å². The fourth-order valence-electron chi connectivity index (χ4n) is 3.62. The number of aryl methyl sites for hydroxylation is 1. The molecule has 4 rings (SSSR count). The zero-order valence-corrected chi connectivity index (χ0v) is 16.0. The number of benzene rings is 1. The van der Waals surface area contributed by atoms with Crippen molar-refractivity contribution in [2.45, 2.75) is 19.3 Å². The molecule has 3 aromatic rings. The maximum atomic E-state index is 13.0. The van der Waals surface area contributed by atoms with Gasteiger partial charge in [0.2, 0.25) is 17.1 Å². The van der Waals surface area contributed by atoms with Crippen LogP contribution < -0.4 is 5.43 Å². The molecule has 1 saturated heterocycles. The van der Waals surface area contributed by atoms with Gasteiger partial charge in [-0.2, -0.15) is 0 Å². The number of ether oxygens (including phenoxy) is 1. The van der Waals surface area contributed by atoms with Gasteiger partial charge in [-0.05, 0) is 18.6 Å². The zero-order valence-electron chi connectivity index (χ0n) is 16.0.